The van der Waals surface area contributed by atoms with Crippen LogP contribution in [0.4, 0.5) is 0 Å². The van der Waals surface area contributed by atoms with Crippen LogP contribution in [0.15, 0.2) is 97.2 Å². The fourth-order valence-corrected chi connectivity index (χ4v) is 8.86. The lowest BCUT2D eigenvalue weighted by Crippen LogP contribution is -2.65. The zero-order valence-electron chi connectivity index (χ0n) is 46.0. The molecule has 430 valence electrons. The minimum Gasteiger partial charge on any atom is -0.394 e. The Morgan fingerprint density at radius 2 is 0.920 bits per heavy atom. The number of amides is 1. The standard InChI is InChI=1S/C61H103NO13/c1-3-5-7-9-11-12-13-14-15-16-17-18-19-20-21-22-23-24-25-26-27-28-29-30-31-32-33-34-35-36-37-38-39-41-43-45-53(66)62-49(50(65)44-42-40-10-8-6-4-2)48-72-60-58(71)56(69)59(52(47-64)74-60)75-61-57(70)55(68)54(67)51(46-63)73-61/h5,7,11-12,14-15,17-18,20-21,23-24,26-27,42,44,49-52,54-61,63-65,67-71H,3-4,6,8-10,13,16,19,22,25,28-41,43,45-48H2,1-2H3,(H,62,66)/b7-5-,12-11-,15-14-,18-17-,21-20-,24-23-,27-26-,44-42+. The van der Waals surface area contributed by atoms with Crippen molar-refractivity contribution in [1.82, 2.24) is 5.32 Å². The fraction of sp³-hybridized carbons (Fsp3) is 0.721. The van der Waals surface area contributed by atoms with E-state index in [1.807, 2.05) is 6.08 Å². The Morgan fingerprint density at radius 1 is 0.493 bits per heavy atom. The van der Waals surface area contributed by atoms with E-state index in [0.717, 1.165) is 103 Å². The molecule has 0 spiro atoms. The minimum absolute atomic E-state index is 0.251. The first-order valence-electron chi connectivity index (χ1n) is 29.0. The van der Waals surface area contributed by atoms with Crippen molar-refractivity contribution in [2.24, 2.45) is 0 Å². The Bertz CT molecular complexity index is 1620. The Hall–Kier alpha value is -3.09. The van der Waals surface area contributed by atoms with Crippen LogP contribution in [-0.2, 0) is 23.7 Å². The van der Waals surface area contributed by atoms with Crippen molar-refractivity contribution < 1.29 is 64.6 Å². The molecule has 2 aliphatic rings. The maximum Gasteiger partial charge on any atom is 0.220 e. The van der Waals surface area contributed by atoms with Gasteiger partial charge in [-0.05, 0) is 77.0 Å². The summed E-state index contributed by atoms with van der Waals surface area (Å²) in [6, 6.07) is -0.916. The van der Waals surface area contributed by atoms with E-state index in [1.165, 1.54) is 57.8 Å². The Morgan fingerprint density at radius 3 is 1.41 bits per heavy atom. The number of aliphatic hydroxyl groups excluding tert-OH is 8. The average molecular weight is 1060 g/mol. The summed E-state index contributed by atoms with van der Waals surface area (Å²) in [5, 5.41) is 86.5. The Balaban J connectivity index is 1.57. The maximum atomic E-state index is 13.1. The van der Waals surface area contributed by atoms with Crippen LogP contribution in [0.2, 0.25) is 0 Å². The van der Waals surface area contributed by atoms with Crippen molar-refractivity contribution in [2.75, 3.05) is 19.8 Å². The number of ether oxygens (including phenoxy) is 4. The SMILES string of the molecule is CC/C=C\C/C=C\C/C=C\C/C=C\C/C=C\C/C=C\C/C=C\CCCCCCCCCCCCCCCC(=O)NC(COC1OC(CO)C(OC2OC(CO)C(O)C(O)C2O)C(O)C1O)C(O)/C=C/CCCCCC. The van der Waals surface area contributed by atoms with Crippen LogP contribution in [0.1, 0.15) is 187 Å². The lowest BCUT2D eigenvalue weighted by atomic mass is 9.97. The predicted octanol–water partition coefficient (Wildman–Crippen LogP) is 9.49. The third kappa shape index (κ3) is 31.8. The number of unbranched alkanes of at least 4 members (excludes halogenated alkanes) is 17. The van der Waals surface area contributed by atoms with Crippen molar-refractivity contribution >= 4 is 5.91 Å². The summed E-state index contributed by atoms with van der Waals surface area (Å²) < 4.78 is 22.6. The highest BCUT2D eigenvalue weighted by Gasteiger charge is 2.51. The average Bonchev–Trinajstić information content (AvgIpc) is 3.41. The van der Waals surface area contributed by atoms with Gasteiger partial charge in [0.1, 0.15) is 48.8 Å². The van der Waals surface area contributed by atoms with Crippen LogP contribution in [0.5, 0.6) is 0 Å². The zero-order valence-corrected chi connectivity index (χ0v) is 46.0. The van der Waals surface area contributed by atoms with E-state index in [0.29, 0.717) is 6.42 Å². The molecule has 0 aromatic heterocycles. The monoisotopic (exact) mass is 1060 g/mol. The highest BCUT2D eigenvalue weighted by atomic mass is 16.7. The zero-order chi connectivity index (χ0) is 54.6. The number of aliphatic hydroxyl groups is 8. The van der Waals surface area contributed by atoms with Gasteiger partial charge >= 0.3 is 0 Å². The molecule has 2 aliphatic heterocycles. The molecule has 0 bridgehead atoms. The summed E-state index contributed by atoms with van der Waals surface area (Å²) in [6.07, 6.45) is 46.6. The lowest BCUT2D eigenvalue weighted by molar-refractivity contribution is -0.359. The van der Waals surface area contributed by atoms with Gasteiger partial charge in [-0.2, -0.15) is 0 Å². The van der Waals surface area contributed by atoms with E-state index in [-0.39, 0.29) is 18.9 Å². The fourth-order valence-electron chi connectivity index (χ4n) is 8.86. The summed E-state index contributed by atoms with van der Waals surface area (Å²) in [5.41, 5.74) is 0. The van der Waals surface area contributed by atoms with Crippen molar-refractivity contribution in [3.05, 3.63) is 97.2 Å². The van der Waals surface area contributed by atoms with Gasteiger partial charge < -0.3 is 65.1 Å². The number of nitrogens with one attached hydrogen (secondary N) is 1. The summed E-state index contributed by atoms with van der Waals surface area (Å²) in [6.45, 7) is 2.56. The number of rotatable bonds is 44. The van der Waals surface area contributed by atoms with Gasteiger partial charge in [-0.3, -0.25) is 4.79 Å². The second-order valence-corrected chi connectivity index (χ2v) is 20.0. The van der Waals surface area contributed by atoms with Crippen LogP contribution in [-0.4, -0.2) is 140 Å². The van der Waals surface area contributed by atoms with Gasteiger partial charge in [-0.1, -0.05) is 201 Å². The molecule has 14 heteroatoms. The normalized spacial score (nSPS) is 25.8. The molecule has 12 unspecified atom stereocenters. The first-order valence-corrected chi connectivity index (χ1v) is 29.0. The first-order chi connectivity index (χ1) is 36.6. The molecule has 2 saturated heterocycles. The topological polar surface area (TPSA) is 228 Å². The first kappa shape index (κ1) is 68.0. The van der Waals surface area contributed by atoms with E-state index < -0.39 is 86.8 Å². The van der Waals surface area contributed by atoms with Crippen LogP contribution in [0, 0.1) is 0 Å². The smallest absolute Gasteiger partial charge is 0.220 e. The molecule has 75 heavy (non-hydrogen) atoms. The molecule has 2 rings (SSSR count). The number of hydrogen-bond acceptors (Lipinski definition) is 13. The van der Waals surface area contributed by atoms with Gasteiger partial charge in [0.15, 0.2) is 12.6 Å². The summed E-state index contributed by atoms with van der Waals surface area (Å²) in [5.74, 6) is -0.251. The third-order valence-electron chi connectivity index (χ3n) is 13.5. The number of carbonyl (C=O) groups excluding carboxylic acids is 1. The molecule has 0 aromatic rings. The van der Waals surface area contributed by atoms with Crippen molar-refractivity contribution in [1.29, 1.82) is 0 Å². The van der Waals surface area contributed by atoms with E-state index >= 15 is 0 Å². The molecule has 0 radical (unpaired) electrons. The number of allylic oxidation sites excluding steroid dienone is 15. The second-order valence-electron chi connectivity index (χ2n) is 20.0. The Kier molecular flexibility index (Phi) is 41.6. The highest BCUT2D eigenvalue weighted by molar-refractivity contribution is 5.76. The van der Waals surface area contributed by atoms with Gasteiger partial charge in [0.25, 0.3) is 0 Å². The third-order valence-corrected chi connectivity index (χ3v) is 13.5. The van der Waals surface area contributed by atoms with Crippen molar-refractivity contribution in [3.8, 4) is 0 Å². The van der Waals surface area contributed by atoms with Gasteiger partial charge in [0, 0.05) is 6.42 Å². The molecule has 0 saturated carbocycles. The number of carbonyl (C=O) groups is 1. The summed E-state index contributed by atoms with van der Waals surface area (Å²) in [7, 11) is 0. The van der Waals surface area contributed by atoms with E-state index in [2.05, 4.69) is 104 Å². The van der Waals surface area contributed by atoms with E-state index in [9.17, 15) is 45.6 Å². The predicted molar refractivity (Wildman–Crippen MR) is 299 cm³/mol. The highest BCUT2D eigenvalue weighted by Crippen LogP contribution is 2.30. The van der Waals surface area contributed by atoms with E-state index in [1.54, 1.807) is 6.08 Å². The molecular formula is C61H103NO13. The molecule has 9 N–H and O–H groups in total. The summed E-state index contributed by atoms with van der Waals surface area (Å²) >= 11 is 0. The molecule has 0 aliphatic carbocycles. The lowest BCUT2D eigenvalue weighted by Gasteiger charge is -2.46. The summed E-state index contributed by atoms with van der Waals surface area (Å²) in [4.78, 5) is 13.1. The van der Waals surface area contributed by atoms with Gasteiger partial charge in [-0.25, -0.2) is 0 Å². The van der Waals surface area contributed by atoms with Gasteiger partial charge in [0.05, 0.1) is 32.0 Å². The second kappa shape index (κ2) is 45.9. The molecule has 2 fully saturated rings. The van der Waals surface area contributed by atoms with Crippen molar-refractivity contribution in [3.63, 3.8) is 0 Å². The minimum atomic E-state index is -1.79. The number of hydrogen-bond donors (Lipinski definition) is 9. The van der Waals surface area contributed by atoms with Crippen LogP contribution < -0.4 is 5.32 Å². The molecule has 0 aromatic carbocycles. The van der Waals surface area contributed by atoms with Crippen LogP contribution >= 0.6 is 0 Å². The van der Waals surface area contributed by atoms with Crippen molar-refractivity contribution in [2.45, 2.75) is 261 Å². The molecule has 14 nitrogen and oxygen atoms in total. The van der Waals surface area contributed by atoms with Crippen LogP contribution in [0.25, 0.3) is 0 Å². The molecule has 2 heterocycles. The Labute approximate surface area is 452 Å². The van der Waals surface area contributed by atoms with Gasteiger partial charge in [-0.15, -0.1) is 0 Å². The molecule has 12 atom stereocenters. The maximum absolute atomic E-state index is 13.1. The molecule has 1 amide bonds. The molecular weight excluding hydrogens is 955 g/mol. The van der Waals surface area contributed by atoms with Crippen LogP contribution in [0.3, 0.4) is 0 Å². The van der Waals surface area contributed by atoms with E-state index in [4.69, 9.17) is 18.9 Å². The quantitative estimate of drug-likeness (QED) is 0.0205. The largest absolute Gasteiger partial charge is 0.394 e. The van der Waals surface area contributed by atoms with Gasteiger partial charge in [0.2, 0.25) is 5.91 Å².